The van der Waals surface area contributed by atoms with Gasteiger partial charge in [-0.15, -0.1) is 0 Å². The van der Waals surface area contributed by atoms with Gasteiger partial charge in [0.15, 0.2) is 0 Å². The standard InChI is InChI=1S/C19H18ClF3N2O3/c1-28-17-9-12-10(7-16(17)26)3-2-4-15(12)25(18(24)27)11-5-6-14(20)13(8-11)19(21,22)23/h2-6,8,16-17,26H,7,9H2,1H3,(H2,24,27). The first-order chi connectivity index (χ1) is 13.1. The van der Waals surface area contributed by atoms with Crippen LogP contribution in [-0.2, 0) is 23.8 Å². The molecule has 2 aromatic rings. The Morgan fingerprint density at radius 3 is 2.61 bits per heavy atom. The second-order valence-corrected chi connectivity index (χ2v) is 6.91. The summed E-state index contributed by atoms with van der Waals surface area (Å²) >= 11 is 5.68. The molecule has 0 saturated carbocycles. The van der Waals surface area contributed by atoms with E-state index in [0.717, 1.165) is 22.6 Å². The summed E-state index contributed by atoms with van der Waals surface area (Å²) in [5, 5.41) is 9.68. The third-order valence-electron chi connectivity index (χ3n) is 4.79. The number of hydrogen-bond acceptors (Lipinski definition) is 3. The van der Waals surface area contributed by atoms with E-state index in [4.69, 9.17) is 22.1 Å². The number of nitrogens with two attached hydrogens (primary N) is 1. The van der Waals surface area contributed by atoms with Crippen LogP contribution < -0.4 is 10.6 Å². The van der Waals surface area contributed by atoms with E-state index in [9.17, 15) is 23.1 Å². The number of rotatable bonds is 3. The fourth-order valence-electron chi connectivity index (χ4n) is 3.45. The Balaban J connectivity index is 2.14. The summed E-state index contributed by atoms with van der Waals surface area (Å²) in [7, 11) is 1.46. The minimum atomic E-state index is -4.68. The maximum atomic E-state index is 13.2. The van der Waals surface area contributed by atoms with Crippen LogP contribution in [0.4, 0.5) is 29.3 Å². The van der Waals surface area contributed by atoms with Crippen molar-refractivity contribution in [1.82, 2.24) is 0 Å². The first-order valence-corrected chi connectivity index (χ1v) is 8.79. The molecule has 0 saturated heterocycles. The summed E-state index contributed by atoms with van der Waals surface area (Å²) in [4.78, 5) is 13.2. The van der Waals surface area contributed by atoms with Crippen molar-refractivity contribution < 1.29 is 27.8 Å². The molecule has 0 heterocycles. The Morgan fingerprint density at radius 2 is 2.00 bits per heavy atom. The van der Waals surface area contributed by atoms with Gasteiger partial charge in [-0.05, 0) is 35.4 Å². The normalized spacial score (nSPS) is 19.2. The Bertz CT molecular complexity index is 904. The molecule has 150 valence electrons. The first kappa shape index (κ1) is 20.4. The molecule has 2 unspecified atom stereocenters. The second kappa shape index (κ2) is 7.62. The Morgan fingerprint density at radius 1 is 1.29 bits per heavy atom. The number of nitrogens with zero attached hydrogens (tertiary/aromatic N) is 1. The number of aliphatic hydroxyl groups is 1. The van der Waals surface area contributed by atoms with Crippen molar-refractivity contribution in [3.63, 3.8) is 0 Å². The molecule has 0 radical (unpaired) electrons. The zero-order valence-electron chi connectivity index (χ0n) is 14.8. The summed E-state index contributed by atoms with van der Waals surface area (Å²) in [6, 6.07) is 7.26. The highest BCUT2D eigenvalue weighted by Gasteiger charge is 2.35. The van der Waals surface area contributed by atoms with Crippen molar-refractivity contribution in [3.05, 3.63) is 58.1 Å². The first-order valence-electron chi connectivity index (χ1n) is 8.41. The third-order valence-corrected chi connectivity index (χ3v) is 5.12. The largest absolute Gasteiger partial charge is 0.417 e. The van der Waals surface area contributed by atoms with Crippen LogP contribution in [0.3, 0.4) is 0 Å². The number of alkyl halides is 3. The summed E-state index contributed by atoms with van der Waals surface area (Å²) in [5.41, 5.74) is 6.19. The zero-order valence-corrected chi connectivity index (χ0v) is 15.6. The number of halogens is 4. The number of fused-ring (bicyclic) bond motifs is 1. The summed E-state index contributed by atoms with van der Waals surface area (Å²) in [6.07, 6.45) is -5.32. The molecule has 9 heteroatoms. The Labute approximate surface area is 164 Å². The third kappa shape index (κ3) is 3.80. The number of urea groups is 1. The van der Waals surface area contributed by atoms with Crippen LogP contribution in [0.25, 0.3) is 0 Å². The molecule has 0 bridgehead atoms. The molecule has 2 aromatic carbocycles. The number of aliphatic hydroxyl groups excluding tert-OH is 1. The fraction of sp³-hybridized carbons (Fsp3) is 0.316. The SMILES string of the molecule is COC1Cc2c(cccc2N(C(N)=O)c2ccc(Cl)c(C(F)(F)F)c2)CC1O. The highest BCUT2D eigenvalue weighted by atomic mass is 35.5. The fourth-order valence-corrected chi connectivity index (χ4v) is 3.67. The maximum Gasteiger partial charge on any atom is 0.417 e. The number of anilines is 2. The van der Waals surface area contributed by atoms with Crippen molar-refractivity contribution in [2.45, 2.75) is 31.2 Å². The molecule has 1 aliphatic rings. The molecule has 1 aliphatic carbocycles. The Hall–Kier alpha value is -2.29. The van der Waals surface area contributed by atoms with Gasteiger partial charge in [-0.3, -0.25) is 4.90 Å². The number of benzene rings is 2. The monoisotopic (exact) mass is 414 g/mol. The average molecular weight is 415 g/mol. The van der Waals surface area contributed by atoms with Gasteiger partial charge in [0.25, 0.3) is 0 Å². The Kier molecular flexibility index (Phi) is 5.56. The van der Waals surface area contributed by atoms with Gasteiger partial charge in [-0.2, -0.15) is 13.2 Å². The second-order valence-electron chi connectivity index (χ2n) is 6.50. The highest BCUT2D eigenvalue weighted by Crippen LogP contribution is 2.40. The lowest BCUT2D eigenvalue weighted by molar-refractivity contribution is -0.137. The minimum Gasteiger partial charge on any atom is -0.390 e. The van der Waals surface area contributed by atoms with Crippen LogP contribution in [0.1, 0.15) is 16.7 Å². The van der Waals surface area contributed by atoms with Gasteiger partial charge in [-0.25, -0.2) is 4.79 Å². The number of hydrogen-bond donors (Lipinski definition) is 2. The molecular formula is C19H18ClF3N2O3. The number of ether oxygens (including phenoxy) is 1. The molecular weight excluding hydrogens is 397 g/mol. The molecule has 2 atom stereocenters. The van der Waals surface area contributed by atoms with Gasteiger partial charge in [0.2, 0.25) is 0 Å². The smallest absolute Gasteiger partial charge is 0.390 e. The van der Waals surface area contributed by atoms with Gasteiger partial charge in [-0.1, -0.05) is 23.7 Å². The zero-order chi connectivity index (χ0) is 20.6. The maximum absolute atomic E-state index is 13.2. The predicted octanol–water partition coefficient (Wildman–Crippen LogP) is 4.05. The van der Waals surface area contributed by atoms with Gasteiger partial charge < -0.3 is 15.6 Å². The van der Waals surface area contributed by atoms with Crippen molar-refractivity contribution in [1.29, 1.82) is 0 Å². The number of amides is 2. The topological polar surface area (TPSA) is 75.8 Å². The van der Waals surface area contributed by atoms with E-state index in [0.29, 0.717) is 17.7 Å². The summed E-state index contributed by atoms with van der Waals surface area (Å²) in [6.45, 7) is 0. The van der Waals surface area contributed by atoms with Crippen molar-refractivity contribution >= 4 is 29.0 Å². The quantitative estimate of drug-likeness (QED) is 0.795. The van der Waals surface area contributed by atoms with Crippen molar-refractivity contribution in [3.8, 4) is 0 Å². The molecule has 3 rings (SSSR count). The number of primary amides is 1. The van der Waals surface area contributed by atoms with Gasteiger partial charge in [0.05, 0.1) is 34.2 Å². The van der Waals surface area contributed by atoms with E-state index in [1.807, 2.05) is 0 Å². The van der Waals surface area contributed by atoms with E-state index in [2.05, 4.69) is 0 Å². The summed E-state index contributed by atoms with van der Waals surface area (Å²) < 4.78 is 45.0. The lowest BCUT2D eigenvalue weighted by Crippen LogP contribution is -2.38. The predicted molar refractivity (Wildman–Crippen MR) is 98.8 cm³/mol. The van der Waals surface area contributed by atoms with Crippen LogP contribution in [0.15, 0.2) is 36.4 Å². The number of carbonyl (C=O) groups is 1. The van der Waals surface area contributed by atoms with E-state index in [1.165, 1.54) is 13.2 Å². The van der Waals surface area contributed by atoms with Crippen molar-refractivity contribution in [2.75, 3.05) is 12.0 Å². The van der Waals surface area contributed by atoms with Crippen LogP contribution in [0.5, 0.6) is 0 Å². The van der Waals surface area contributed by atoms with Crippen LogP contribution >= 0.6 is 11.6 Å². The van der Waals surface area contributed by atoms with E-state index < -0.39 is 35.0 Å². The van der Waals surface area contributed by atoms with E-state index in [-0.39, 0.29) is 12.1 Å². The van der Waals surface area contributed by atoms with Crippen LogP contribution in [0.2, 0.25) is 5.02 Å². The molecule has 0 fully saturated rings. The molecule has 0 aliphatic heterocycles. The van der Waals surface area contributed by atoms with Gasteiger partial charge >= 0.3 is 12.2 Å². The minimum absolute atomic E-state index is 0.0577. The molecule has 5 nitrogen and oxygen atoms in total. The lowest BCUT2D eigenvalue weighted by Gasteiger charge is -2.32. The molecule has 3 N–H and O–H groups in total. The van der Waals surface area contributed by atoms with Crippen molar-refractivity contribution in [2.24, 2.45) is 5.73 Å². The number of carbonyl (C=O) groups excluding carboxylic acids is 1. The van der Waals surface area contributed by atoms with Gasteiger partial charge in [0.1, 0.15) is 0 Å². The molecule has 28 heavy (non-hydrogen) atoms. The number of methoxy groups -OCH3 is 1. The molecule has 2 amide bonds. The van der Waals surface area contributed by atoms with E-state index in [1.54, 1.807) is 18.2 Å². The average Bonchev–Trinajstić information content (AvgIpc) is 2.61. The molecule has 0 spiro atoms. The van der Waals surface area contributed by atoms with E-state index >= 15 is 0 Å². The summed E-state index contributed by atoms with van der Waals surface area (Å²) in [5.74, 6) is 0. The van der Waals surface area contributed by atoms with Crippen LogP contribution in [-0.4, -0.2) is 30.5 Å². The van der Waals surface area contributed by atoms with Crippen LogP contribution in [0, 0.1) is 0 Å². The molecule has 0 aromatic heterocycles. The van der Waals surface area contributed by atoms with Gasteiger partial charge in [0, 0.05) is 20.0 Å². The highest BCUT2D eigenvalue weighted by molar-refractivity contribution is 6.31. The lowest BCUT2D eigenvalue weighted by atomic mass is 9.86.